The maximum absolute atomic E-state index is 11.3. The molecular weight excluding hydrogens is 284 g/mol. The van der Waals surface area contributed by atoms with Crippen LogP contribution >= 0.6 is 11.6 Å². The van der Waals surface area contributed by atoms with Crippen LogP contribution in [0.15, 0.2) is 48.5 Å². The SMILES string of the molecule is CC(c1cc(Cl)ccc1-c1ccccc1)S(=O)(=O)O. The minimum Gasteiger partial charge on any atom is -0.285 e. The molecule has 100 valence electrons. The van der Waals surface area contributed by atoms with Crippen LogP contribution < -0.4 is 0 Å². The van der Waals surface area contributed by atoms with Gasteiger partial charge in [-0.25, -0.2) is 0 Å². The third-order valence-corrected chi connectivity index (χ3v) is 4.37. The summed E-state index contributed by atoms with van der Waals surface area (Å²) in [5, 5.41) is -0.591. The average Bonchev–Trinajstić information content (AvgIpc) is 2.37. The van der Waals surface area contributed by atoms with Gasteiger partial charge in [-0.15, -0.1) is 0 Å². The molecular formula is C14H13ClO3S. The Morgan fingerprint density at radius 2 is 1.74 bits per heavy atom. The average molecular weight is 297 g/mol. The van der Waals surface area contributed by atoms with Crippen LogP contribution in [0.25, 0.3) is 11.1 Å². The zero-order valence-corrected chi connectivity index (χ0v) is 11.8. The van der Waals surface area contributed by atoms with E-state index in [4.69, 9.17) is 11.6 Å². The normalized spacial score (nSPS) is 13.2. The van der Waals surface area contributed by atoms with Crippen molar-refractivity contribution in [2.45, 2.75) is 12.2 Å². The largest absolute Gasteiger partial charge is 0.285 e. The van der Waals surface area contributed by atoms with Gasteiger partial charge in [-0.1, -0.05) is 48.0 Å². The summed E-state index contributed by atoms with van der Waals surface area (Å²) in [5.41, 5.74) is 2.11. The second-order valence-electron chi connectivity index (χ2n) is 4.25. The van der Waals surface area contributed by atoms with E-state index >= 15 is 0 Å². The zero-order chi connectivity index (χ0) is 14.0. The second kappa shape index (κ2) is 5.33. The highest BCUT2D eigenvalue weighted by Gasteiger charge is 2.23. The second-order valence-corrected chi connectivity index (χ2v) is 6.43. The lowest BCUT2D eigenvalue weighted by Crippen LogP contribution is -2.09. The molecule has 3 nitrogen and oxygen atoms in total. The number of rotatable bonds is 3. The molecule has 0 saturated carbocycles. The van der Waals surface area contributed by atoms with Crippen molar-refractivity contribution in [2.24, 2.45) is 0 Å². The highest BCUT2D eigenvalue weighted by molar-refractivity contribution is 7.86. The topological polar surface area (TPSA) is 54.4 Å². The van der Waals surface area contributed by atoms with Crippen LogP contribution in [0.4, 0.5) is 0 Å². The van der Waals surface area contributed by atoms with E-state index in [0.717, 1.165) is 11.1 Å². The Morgan fingerprint density at radius 1 is 1.11 bits per heavy atom. The van der Waals surface area contributed by atoms with Crippen LogP contribution in [-0.4, -0.2) is 13.0 Å². The van der Waals surface area contributed by atoms with E-state index in [1.54, 1.807) is 18.2 Å². The lowest BCUT2D eigenvalue weighted by Gasteiger charge is -2.15. The maximum Gasteiger partial charge on any atom is 0.271 e. The first-order valence-corrected chi connectivity index (χ1v) is 7.59. The van der Waals surface area contributed by atoms with Gasteiger partial charge >= 0.3 is 0 Å². The van der Waals surface area contributed by atoms with Gasteiger partial charge in [-0.05, 0) is 35.7 Å². The summed E-state index contributed by atoms with van der Waals surface area (Å²) in [6, 6.07) is 14.4. The standard InChI is InChI=1S/C14H13ClO3S/c1-10(19(16,17)18)14-9-12(15)7-8-13(14)11-5-3-2-4-6-11/h2-10H,1H3,(H,16,17,18). The fraction of sp³-hybridized carbons (Fsp3) is 0.143. The molecule has 0 aliphatic rings. The Balaban J connectivity index is 2.63. The molecule has 0 aromatic heterocycles. The van der Waals surface area contributed by atoms with Gasteiger partial charge in [-0.2, -0.15) is 8.42 Å². The first kappa shape index (κ1) is 14.1. The molecule has 2 rings (SSSR count). The molecule has 0 spiro atoms. The summed E-state index contributed by atoms with van der Waals surface area (Å²) in [6.07, 6.45) is 0. The fourth-order valence-electron chi connectivity index (χ4n) is 1.91. The van der Waals surface area contributed by atoms with Crippen LogP contribution in [0.5, 0.6) is 0 Å². The first-order valence-electron chi connectivity index (χ1n) is 5.71. The number of halogens is 1. The van der Waals surface area contributed by atoms with Crippen molar-refractivity contribution >= 4 is 21.7 Å². The van der Waals surface area contributed by atoms with Gasteiger partial charge in [-0.3, -0.25) is 4.55 Å². The number of benzene rings is 2. The molecule has 19 heavy (non-hydrogen) atoms. The fourth-order valence-corrected chi connectivity index (χ4v) is 2.61. The molecule has 0 heterocycles. The molecule has 2 aromatic carbocycles. The van der Waals surface area contributed by atoms with Crippen LogP contribution in [0.3, 0.4) is 0 Å². The summed E-state index contributed by atoms with van der Waals surface area (Å²) in [4.78, 5) is 0. The molecule has 0 bridgehead atoms. The summed E-state index contributed by atoms with van der Waals surface area (Å²) in [6.45, 7) is 1.44. The highest BCUT2D eigenvalue weighted by Crippen LogP contribution is 2.33. The lowest BCUT2D eigenvalue weighted by molar-refractivity contribution is 0.472. The van der Waals surface area contributed by atoms with Crippen LogP contribution in [-0.2, 0) is 10.1 Å². The first-order chi connectivity index (χ1) is 8.89. The predicted octanol–water partition coefficient (Wildman–Crippen LogP) is 3.96. The van der Waals surface area contributed by atoms with Crippen molar-refractivity contribution in [3.63, 3.8) is 0 Å². The van der Waals surface area contributed by atoms with Crippen LogP contribution in [0, 0.1) is 0 Å². The van der Waals surface area contributed by atoms with E-state index < -0.39 is 15.4 Å². The van der Waals surface area contributed by atoms with Gasteiger partial charge in [0.2, 0.25) is 0 Å². The van der Waals surface area contributed by atoms with E-state index in [-0.39, 0.29) is 0 Å². The Labute approximate surface area is 117 Å². The molecule has 0 radical (unpaired) electrons. The van der Waals surface area contributed by atoms with E-state index in [2.05, 4.69) is 0 Å². The monoisotopic (exact) mass is 296 g/mol. The molecule has 0 saturated heterocycles. The molecule has 0 aliphatic carbocycles. The van der Waals surface area contributed by atoms with Gasteiger partial charge in [0.1, 0.15) is 5.25 Å². The maximum atomic E-state index is 11.3. The zero-order valence-electron chi connectivity index (χ0n) is 10.2. The van der Waals surface area contributed by atoms with Gasteiger partial charge in [0.25, 0.3) is 10.1 Å². The molecule has 0 aliphatic heterocycles. The van der Waals surface area contributed by atoms with Gasteiger partial charge in [0.05, 0.1) is 0 Å². The molecule has 5 heteroatoms. The Bertz CT molecular complexity index is 681. The quantitative estimate of drug-likeness (QED) is 0.872. The predicted molar refractivity (Wildman–Crippen MR) is 76.9 cm³/mol. The van der Waals surface area contributed by atoms with Crippen molar-refractivity contribution in [3.8, 4) is 11.1 Å². The number of hydrogen-bond donors (Lipinski definition) is 1. The van der Waals surface area contributed by atoms with Crippen LogP contribution in [0.2, 0.25) is 5.02 Å². The summed E-state index contributed by atoms with van der Waals surface area (Å²) < 4.78 is 31.9. The van der Waals surface area contributed by atoms with E-state index in [9.17, 15) is 13.0 Å². The van der Waals surface area contributed by atoms with Crippen molar-refractivity contribution in [2.75, 3.05) is 0 Å². The molecule has 1 atom stereocenters. The minimum atomic E-state index is -4.16. The number of hydrogen-bond acceptors (Lipinski definition) is 2. The van der Waals surface area contributed by atoms with E-state index in [1.165, 1.54) is 6.92 Å². The molecule has 1 unspecified atom stereocenters. The van der Waals surface area contributed by atoms with Crippen molar-refractivity contribution in [3.05, 3.63) is 59.1 Å². The summed E-state index contributed by atoms with van der Waals surface area (Å²) >= 11 is 5.92. The van der Waals surface area contributed by atoms with Crippen molar-refractivity contribution in [1.82, 2.24) is 0 Å². The molecule has 2 aromatic rings. The van der Waals surface area contributed by atoms with Gasteiger partial charge in [0.15, 0.2) is 0 Å². The Morgan fingerprint density at radius 3 is 2.32 bits per heavy atom. The van der Waals surface area contributed by atoms with E-state index in [1.807, 2.05) is 30.3 Å². The summed E-state index contributed by atoms with van der Waals surface area (Å²) in [7, 11) is -4.16. The van der Waals surface area contributed by atoms with E-state index in [0.29, 0.717) is 10.6 Å². The lowest BCUT2D eigenvalue weighted by atomic mass is 9.98. The Kier molecular flexibility index (Phi) is 3.94. The van der Waals surface area contributed by atoms with Crippen molar-refractivity contribution in [1.29, 1.82) is 0 Å². The van der Waals surface area contributed by atoms with Gasteiger partial charge in [0, 0.05) is 5.02 Å². The third-order valence-electron chi connectivity index (χ3n) is 2.98. The smallest absolute Gasteiger partial charge is 0.271 e. The van der Waals surface area contributed by atoms with Crippen LogP contribution in [0.1, 0.15) is 17.7 Å². The van der Waals surface area contributed by atoms with Crippen molar-refractivity contribution < 1.29 is 13.0 Å². The summed E-state index contributed by atoms with van der Waals surface area (Å²) in [5.74, 6) is 0. The molecule has 0 fully saturated rings. The molecule has 0 amide bonds. The van der Waals surface area contributed by atoms with Gasteiger partial charge < -0.3 is 0 Å². The third kappa shape index (κ3) is 3.15. The Hall–Kier alpha value is -1.36. The molecule has 1 N–H and O–H groups in total. The highest BCUT2D eigenvalue weighted by atomic mass is 35.5. The minimum absolute atomic E-state index is 0.435.